The summed E-state index contributed by atoms with van der Waals surface area (Å²) in [6, 6.07) is 38.8. The van der Waals surface area contributed by atoms with Gasteiger partial charge >= 0.3 is 0 Å². The molecule has 33 heavy (non-hydrogen) atoms. The molecule has 3 heteroatoms. The summed E-state index contributed by atoms with van der Waals surface area (Å²) < 4.78 is 6.08. The molecule has 0 amide bonds. The molecule has 0 unspecified atom stereocenters. The Bertz CT molecular complexity index is 1300. The lowest BCUT2D eigenvalue weighted by atomic mass is 10.1. The largest absolute Gasteiger partial charge is 0.441 e. The molecule has 0 saturated heterocycles. The van der Waals surface area contributed by atoms with E-state index in [0.29, 0.717) is 5.89 Å². The van der Waals surface area contributed by atoms with E-state index in [2.05, 4.69) is 116 Å². The zero-order valence-electron chi connectivity index (χ0n) is 18.9. The summed E-state index contributed by atoms with van der Waals surface area (Å²) in [5.74, 6) is 1.57. The Morgan fingerprint density at radius 2 is 1.24 bits per heavy atom. The highest BCUT2D eigenvalue weighted by Gasteiger charge is 2.21. The van der Waals surface area contributed by atoms with Crippen LogP contribution in [0.25, 0.3) is 11.5 Å². The van der Waals surface area contributed by atoms with Crippen molar-refractivity contribution in [2.45, 2.75) is 20.3 Å². The summed E-state index contributed by atoms with van der Waals surface area (Å²) in [5, 5.41) is 4.07. The normalized spacial score (nSPS) is 11.1. The van der Waals surface area contributed by atoms with Crippen molar-refractivity contribution in [2.75, 3.05) is 0 Å². The highest BCUT2D eigenvalue weighted by atomic mass is 31.1. The molecule has 0 bridgehead atoms. The van der Waals surface area contributed by atoms with Gasteiger partial charge in [-0.1, -0.05) is 103 Å². The van der Waals surface area contributed by atoms with Crippen LogP contribution in [-0.2, 0) is 6.42 Å². The van der Waals surface area contributed by atoms with Crippen LogP contribution in [0.4, 0.5) is 0 Å². The SMILES string of the molecule is Cc1ccc(-c2nc(Cc3ccccc3P(c3ccccc3)c3ccccc3)c(C)o2)cc1. The molecule has 0 fully saturated rings. The highest BCUT2D eigenvalue weighted by molar-refractivity contribution is 7.79. The summed E-state index contributed by atoms with van der Waals surface area (Å²) in [5.41, 5.74) is 4.53. The minimum absolute atomic E-state index is 0.672. The topological polar surface area (TPSA) is 26.0 Å². The molecule has 0 N–H and O–H groups in total. The maximum Gasteiger partial charge on any atom is 0.226 e. The van der Waals surface area contributed by atoms with Crippen molar-refractivity contribution in [3.63, 3.8) is 0 Å². The Balaban J connectivity index is 1.55. The third-order valence-electron chi connectivity index (χ3n) is 5.81. The van der Waals surface area contributed by atoms with E-state index >= 15 is 0 Å². The van der Waals surface area contributed by atoms with Gasteiger partial charge in [-0.2, -0.15) is 0 Å². The van der Waals surface area contributed by atoms with E-state index in [9.17, 15) is 0 Å². The van der Waals surface area contributed by atoms with E-state index in [0.717, 1.165) is 23.4 Å². The maximum absolute atomic E-state index is 6.08. The number of oxazole rings is 1. The van der Waals surface area contributed by atoms with Crippen LogP contribution < -0.4 is 15.9 Å². The first-order valence-corrected chi connectivity index (χ1v) is 12.5. The first kappa shape index (κ1) is 21.4. The van der Waals surface area contributed by atoms with E-state index in [1.165, 1.54) is 27.0 Å². The van der Waals surface area contributed by atoms with Gasteiger partial charge in [0.15, 0.2) is 0 Å². The minimum Gasteiger partial charge on any atom is -0.441 e. The van der Waals surface area contributed by atoms with Crippen LogP contribution in [-0.4, -0.2) is 4.98 Å². The molecule has 0 radical (unpaired) electrons. The van der Waals surface area contributed by atoms with Crippen molar-refractivity contribution < 1.29 is 4.42 Å². The van der Waals surface area contributed by atoms with Crippen molar-refractivity contribution >= 4 is 23.8 Å². The summed E-state index contributed by atoms with van der Waals surface area (Å²) >= 11 is 0. The number of hydrogen-bond donors (Lipinski definition) is 0. The van der Waals surface area contributed by atoms with Gasteiger partial charge in [-0.3, -0.25) is 0 Å². The molecule has 0 aliphatic carbocycles. The van der Waals surface area contributed by atoms with Crippen LogP contribution in [0.5, 0.6) is 0 Å². The molecular weight excluding hydrogens is 421 g/mol. The third-order valence-corrected chi connectivity index (χ3v) is 8.36. The van der Waals surface area contributed by atoms with Gasteiger partial charge in [-0.25, -0.2) is 4.98 Å². The van der Waals surface area contributed by atoms with Crippen molar-refractivity contribution in [2.24, 2.45) is 0 Å². The summed E-state index contributed by atoms with van der Waals surface area (Å²) in [6.45, 7) is 4.10. The van der Waals surface area contributed by atoms with Crippen molar-refractivity contribution in [1.82, 2.24) is 4.98 Å². The number of nitrogens with zero attached hydrogens (tertiary/aromatic N) is 1. The van der Waals surface area contributed by atoms with Gasteiger partial charge in [0.2, 0.25) is 5.89 Å². The number of hydrogen-bond acceptors (Lipinski definition) is 2. The first-order valence-electron chi connectivity index (χ1n) is 11.2. The second kappa shape index (κ2) is 9.57. The summed E-state index contributed by atoms with van der Waals surface area (Å²) in [7, 11) is -0.672. The fraction of sp³-hybridized carbons (Fsp3) is 0.100. The number of aromatic nitrogens is 1. The molecule has 4 aromatic carbocycles. The maximum atomic E-state index is 6.08. The van der Waals surface area contributed by atoms with Gasteiger partial charge in [0.05, 0.1) is 5.69 Å². The van der Waals surface area contributed by atoms with E-state index in [1.54, 1.807) is 0 Å². The minimum atomic E-state index is -0.672. The van der Waals surface area contributed by atoms with Crippen molar-refractivity contribution in [3.05, 3.63) is 132 Å². The average molecular weight is 448 g/mol. The molecule has 0 aliphatic rings. The third kappa shape index (κ3) is 4.67. The Hall–Kier alpha value is -3.48. The molecule has 0 atom stereocenters. The smallest absolute Gasteiger partial charge is 0.226 e. The monoisotopic (exact) mass is 447 g/mol. The predicted molar refractivity (Wildman–Crippen MR) is 139 cm³/mol. The molecule has 5 aromatic rings. The fourth-order valence-corrected chi connectivity index (χ4v) is 6.52. The van der Waals surface area contributed by atoms with Crippen LogP contribution in [0.1, 0.15) is 22.6 Å². The van der Waals surface area contributed by atoms with Gasteiger partial charge in [0, 0.05) is 12.0 Å². The Kier molecular flexibility index (Phi) is 6.19. The van der Waals surface area contributed by atoms with Crippen LogP contribution in [0.3, 0.4) is 0 Å². The Morgan fingerprint density at radius 3 is 1.88 bits per heavy atom. The van der Waals surface area contributed by atoms with Crippen LogP contribution >= 0.6 is 7.92 Å². The lowest BCUT2D eigenvalue weighted by Crippen LogP contribution is -2.23. The molecule has 5 rings (SSSR count). The Morgan fingerprint density at radius 1 is 0.667 bits per heavy atom. The molecule has 0 saturated carbocycles. The number of benzene rings is 4. The van der Waals surface area contributed by atoms with Crippen LogP contribution in [0.15, 0.2) is 114 Å². The zero-order chi connectivity index (χ0) is 22.6. The van der Waals surface area contributed by atoms with Gasteiger partial charge in [-0.05, 0) is 55.4 Å². The average Bonchev–Trinajstić information content (AvgIpc) is 3.22. The second-order valence-corrected chi connectivity index (χ2v) is 10.4. The van der Waals surface area contributed by atoms with E-state index in [-0.39, 0.29) is 0 Å². The molecule has 162 valence electrons. The fourth-order valence-electron chi connectivity index (χ4n) is 4.05. The van der Waals surface area contributed by atoms with E-state index in [1.807, 2.05) is 6.92 Å². The summed E-state index contributed by atoms with van der Waals surface area (Å²) in [6.07, 6.45) is 0.746. The highest BCUT2D eigenvalue weighted by Crippen LogP contribution is 2.35. The summed E-state index contributed by atoms with van der Waals surface area (Å²) in [4.78, 5) is 4.89. The number of aryl methyl sites for hydroxylation is 2. The van der Waals surface area contributed by atoms with Crippen molar-refractivity contribution in [3.8, 4) is 11.5 Å². The lowest BCUT2D eigenvalue weighted by molar-refractivity contribution is 0.540. The zero-order valence-corrected chi connectivity index (χ0v) is 19.8. The van der Waals surface area contributed by atoms with Gasteiger partial charge in [0.25, 0.3) is 0 Å². The van der Waals surface area contributed by atoms with Crippen LogP contribution in [0.2, 0.25) is 0 Å². The molecule has 1 heterocycles. The molecule has 1 aromatic heterocycles. The van der Waals surface area contributed by atoms with E-state index in [4.69, 9.17) is 9.40 Å². The van der Waals surface area contributed by atoms with Gasteiger partial charge < -0.3 is 4.42 Å². The van der Waals surface area contributed by atoms with E-state index < -0.39 is 7.92 Å². The lowest BCUT2D eigenvalue weighted by Gasteiger charge is -2.22. The quantitative estimate of drug-likeness (QED) is 0.285. The molecule has 0 aliphatic heterocycles. The van der Waals surface area contributed by atoms with Gasteiger partial charge in [-0.15, -0.1) is 0 Å². The first-order chi connectivity index (χ1) is 16.2. The molecule has 0 spiro atoms. The number of rotatable bonds is 6. The second-order valence-electron chi connectivity index (χ2n) is 8.20. The molecular formula is C30H26NOP. The van der Waals surface area contributed by atoms with Crippen LogP contribution in [0, 0.1) is 13.8 Å². The van der Waals surface area contributed by atoms with Gasteiger partial charge in [0.1, 0.15) is 5.76 Å². The standard InChI is InChI=1S/C30H26NOP/c1-22-17-19-24(20-18-22)30-31-28(23(2)32-30)21-25-11-9-10-16-29(25)33(26-12-5-3-6-13-26)27-14-7-4-8-15-27/h3-20H,21H2,1-2H3. The Labute approximate surface area is 196 Å². The molecule has 2 nitrogen and oxygen atoms in total. The van der Waals surface area contributed by atoms with Crippen molar-refractivity contribution in [1.29, 1.82) is 0 Å². The predicted octanol–water partition coefficient (Wildman–Crippen LogP) is 6.31.